The van der Waals surface area contributed by atoms with Crippen molar-refractivity contribution in [1.82, 2.24) is 5.32 Å². The molecule has 0 aliphatic heterocycles. The Morgan fingerprint density at radius 1 is 1.06 bits per heavy atom. The first-order valence-corrected chi connectivity index (χ1v) is 6.04. The second-order valence-corrected chi connectivity index (χ2v) is 4.90. The molecule has 0 aliphatic carbocycles. The molecule has 0 spiro atoms. The predicted octanol–water partition coefficient (Wildman–Crippen LogP) is 3.70. The number of nitrogens with one attached hydrogen (secondary N) is 2. The average molecular weight is 345 g/mol. The number of anilines is 1. The van der Waals surface area contributed by atoms with Gasteiger partial charge < -0.3 is 10.6 Å². The highest BCUT2D eigenvalue weighted by Crippen LogP contribution is 2.31. The van der Waals surface area contributed by atoms with Gasteiger partial charge >= 0.3 is 0 Å². The number of rotatable bonds is 2. The Morgan fingerprint density at radius 3 is 1.89 bits per heavy atom. The molecule has 0 aliphatic rings. The van der Waals surface area contributed by atoms with Gasteiger partial charge in [-0.05, 0) is 42.0 Å². The Hall–Kier alpha value is -0.890. The van der Waals surface area contributed by atoms with Crippen molar-refractivity contribution in [2.75, 3.05) is 5.32 Å². The molecule has 100 valence electrons. The van der Waals surface area contributed by atoms with Crippen LogP contribution in [-0.4, -0.2) is 11.2 Å². The van der Waals surface area contributed by atoms with Crippen LogP contribution in [0.4, 0.5) is 23.2 Å². The molecule has 8 heteroatoms. The third-order valence-electron chi connectivity index (χ3n) is 1.87. The van der Waals surface area contributed by atoms with Crippen LogP contribution in [0.5, 0.6) is 0 Å². The number of hydrogen-bond donors (Lipinski definition) is 2. The molecule has 0 fully saturated rings. The summed E-state index contributed by atoms with van der Waals surface area (Å²) in [6, 6.07) is -0.0961. The minimum Gasteiger partial charge on any atom is -0.360 e. The lowest BCUT2D eigenvalue weighted by Crippen LogP contribution is -2.34. The van der Waals surface area contributed by atoms with Crippen molar-refractivity contribution in [3.63, 3.8) is 0 Å². The first-order chi connectivity index (χ1) is 8.25. The Balaban J connectivity index is 3.14. The number of halogens is 5. The lowest BCUT2D eigenvalue weighted by atomic mass is 10.2. The zero-order valence-electron chi connectivity index (χ0n) is 9.38. The van der Waals surface area contributed by atoms with E-state index in [1.807, 2.05) is 0 Å². The molecule has 0 bridgehead atoms. The molecule has 0 saturated carbocycles. The van der Waals surface area contributed by atoms with Crippen LogP contribution in [0, 0.1) is 23.3 Å². The molecule has 0 atom stereocenters. The van der Waals surface area contributed by atoms with Gasteiger partial charge in [0.25, 0.3) is 0 Å². The Labute approximate surface area is 115 Å². The summed E-state index contributed by atoms with van der Waals surface area (Å²) >= 11 is 7.15. The van der Waals surface area contributed by atoms with Crippen molar-refractivity contribution in [1.29, 1.82) is 0 Å². The van der Waals surface area contributed by atoms with Gasteiger partial charge in [-0.25, -0.2) is 17.6 Å². The van der Waals surface area contributed by atoms with Crippen LogP contribution in [0.2, 0.25) is 0 Å². The fourth-order valence-corrected chi connectivity index (χ4v) is 1.81. The second kappa shape index (κ2) is 5.83. The Morgan fingerprint density at radius 2 is 1.50 bits per heavy atom. The molecule has 1 aromatic rings. The van der Waals surface area contributed by atoms with Crippen molar-refractivity contribution in [3.8, 4) is 0 Å². The van der Waals surface area contributed by atoms with Crippen LogP contribution >= 0.6 is 28.1 Å². The summed E-state index contributed by atoms with van der Waals surface area (Å²) in [5.41, 5.74) is -0.966. The topological polar surface area (TPSA) is 24.1 Å². The van der Waals surface area contributed by atoms with Crippen LogP contribution < -0.4 is 10.6 Å². The monoisotopic (exact) mass is 344 g/mol. The highest BCUT2D eigenvalue weighted by Gasteiger charge is 2.24. The van der Waals surface area contributed by atoms with Crippen LogP contribution in [0.15, 0.2) is 4.47 Å². The highest BCUT2D eigenvalue weighted by atomic mass is 79.9. The van der Waals surface area contributed by atoms with E-state index in [2.05, 4.69) is 26.6 Å². The molecule has 0 radical (unpaired) electrons. The summed E-state index contributed by atoms with van der Waals surface area (Å²) in [6.07, 6.45) is 0. The maximum Gasteiger partial charge on any atom is 0.186 e. The van der Waals surface area contributed by atoms with E-state index >= 15 is 0 Å². The van der Waals surface area contributed by atoms with Gasteiger partial charge in [0.15, 0.2) is 28.4 Å². The molecule has 0 aromatic heterocycles. The zero-order valence-corrected chi connectivity index (χ0v) is 11.8. The molecule has 2 N–H and O–H groups in total. The van der Waals surface area contributed by atoms with Gasteiger partial charge in [-0.2, -0.15) is 0 Å². The highest BCUT2D eigenvalue weighted by molar-refractivity contribution is 9.10. The molecule has 0 heterocycles. The summed E-state index contributed by atoms with van der Waals surface area (Å²) in [4.78, 5) is 0. The first kappa shape index (κ1) is 15.2. The first-order valence-electron chi connectivity index (χ1n) is 4.84. The van der Waals surface area contributed by atoms with Crippen LogP contribution in [-0.2, 0) is 0 Å². The molecule has 1 rings (SSSR count). The van der Waals surface area contributed by atoms with Gasteiger partial charge in [-0.3, -0.25) is 0 Å². The average Bonchev–Trinajstić information content (AvgIpc) is 2.29. The third-order valence-corrected chi connectivity index (χ3v) is 2.78. The Bertz CT molecular complexity index is 464. The fraction of sp³-hybridized carbons (Fsp3) is 0.300. The van der Waals surface area contributed by atoms with E-state index in [9.17, 15) is 17.6 Å². The molecule has 2 nitrogen and oxygen atoms in total. The van der Waals surface area contributed by atoms with E-state index in [1.165, 1.54) is 0 Å². The smallest absolute Gasteiger partial charge is 0.186 e. The molecule has 0 saturated heterocycles. The number of thiocarbonyl (C=S) groups is 1. The fourth-order valence-electron chi connectivity index (χ4n) is 1.13. The molecule has 0 amide bonds. The van der Waals surface area contributed by atoms with Gasteiger partial charge in [0.2, 0.25) is 0 Å². The second-order valence-electron chi connectivity index (χ2n) is 3.70. The van der Waals surface area contributed by atoms with E-state index in [0.717, 1.165) is 0 Å². The summed E-state index contributed by atoms with van der Waals surface area (Å²) in [6.45, 7) is 3.48. The van der Waals surface area contributed by atoms with Crippen molar-refractivity contribution in [3.05, 3.63) is 27.7 Å². The minimum absolute atomic E-state index is 0.0961. The van der Waals surface area contributed by atoms with E-state index in [-0.39, 0.29) is 11.2 Å². The summed E-state index contributed by atoms with van der Waals surface area (Å²) < 4.78 is 52.4. The lowest BCUT2D eigenvalue weighted by molar-refractivity contribution is 0.452. The summed E-state index contributed by atoms with van der Waals surface area (Å²) in [7, 11) is 0. The normalized spacial score (nSPS) is 10.7. The SMILES string of the molecule is CC(C)NC(=S)Nc1c(F)c(F)c(Br)c(F)c1F. The van der Waals surface area contributed by atoms with Crippen LogP contribution in [0.25, 0.3) is 0 Å². The maximum atomic E-state index is 13.4. The van der Waals surface area contributed by atoms with Crippen molar-refractivity contribution in [2.24, 2.45) is 0 Å². The Kier molecular flexibility index (Phi) is 4.92. The lowest BCUT2D eigenvalue weighted by Gasteiger charge is -2.15. The molecular formula is C10H9BrF4N2S. The van der Waals surface area contributed by atoms with Crippen molar-refractivity contribution in [2.45, 2.75) is 19.9 Å². The molecule has 18 heavy (non-hydrogen) atoms. The molecule has 1 aromatic carbocycles. The number of hydrogen-bond acceptors (Lipinski definition) is 1. The predicted molar refractivity (Wildman–Crippen MR) is 68.5 cm³/mol. The van der Waals surface area contributed by atoms with Crippen LogP contribution in [0.3, 0.4) is 0 Å². The summed E-state index contributed by atoms with van der Waals surface area (Å²) in [5.74, 6) is -6.14. The largest absolute Gasteiger partial charge is 0.360 e. The van der Waals surface area contributed by atoms with E-state index in [4.69, 9.17) is 12.2 Å². The van der Waals surface area contributed by atoms with Gasteiger partial charge in [0.1, 0.15) is 5.69 Å². The number of benzene rings is 1. The minimum atomic E-state index is -1.55. The van der Waals surface area contributed by atoms with Gasteiger partial charge in [0.05, 0.1) is 4.47 Å². The van der Waals surface area contributed by atoms with E-state index in [1.54, 1.807) is 13.8 Å². The van der Waals surface area contributed by atoms with Gasteiger partial charge in [0, 0.05) is 6.04 Å². The molecular weight excluding hydrogens is 336 g/mol. The maximum absolute atomic E-state index is 13.4. The zero-order chi connectivity index (χ0) is 14.0. The standard InChI is InChI=1S/C10H9BrF4N2S/c1-3(2)16-10(18)17-9-7(14)5(12)4(11)6(13)8(9)15/h3H,1-2H3,(H2,16,17,18). The summed E-state index contributed by atoms with van der Waals surface area (Å²) in [5, 5.41) is 4.58. The van der Waals surface area contributed by atoms with Crippen molar-refractivity contribution >= 4 is 38.9 Å². The van der Waals surface area contributed by atoms with Gasteiger partial charge in [-0.15, -0.1) is 0 Å². The van der Waals surface area contributed by atoms with Crippen molar-refractivity contribution < 1.29 is 17.6 Å². The third kappa shape index (κ3) is 3.11. The quantitative estimate of drug-likeness (QED) is 0.370. The van der Waals surface area contributed by atoms with Crippen LogP contribution in [0.1, 0.15) is 13.8 Å². The van der Waals surface area contributed by atoms with Gasteiger partial charge in [-0.1, -0.05) is 0 Å². The molecule has 0 unspecified atom stereocenters. The van der Waals surface area contributed by atoms with E-state index in [0.29, 0.717) is 0 Å². The van der Waals surface area contributed by atoms with E-state index < -0.39 is 33.4 Å².